The van der Waals surface area contributed by atoms with Crippen LogP contribution in [0.5, 0.6) is 11.5 Å². The maximum absolute atomic E-state index is 12.6. The number of rotatable bonds is 7. The zero-order valence-electron chi connectivity index (χ0n) is 16.6. The smallest absolute Gasteiger partial charge is 0.240 e. The monoisotopic (exact) mass is 382 g/mol. The normalized spacial score (nSPS) is 12.0. The predicted molar refractivity (Wildman–Crippen MR) is 108 cm³/mol. The van der Waals surface area contributed by atoms with Crippen LogP contribution in [0.4, 0.5) is 5.69 Å². The van der Waals surface area contributed by atoms with Crippen LogP contribution in [0.15, 0.2) is 36.4 Å². The molecule has 0 fully saturated rings. The summed E-state index contributed by atoms with van der Waals surface area (Å²) < 4.78 is 10.7. The van der Waals surface area contributed by atoms with Gasteiger partial charge in [-0.2, -0.15) is 0 Å². The van der Waals surface area contributed by atoms with Gasteiger partial charge in [-0.3, -0.25) is 9.59 Å². The standard InChI is InChI=1S/C22H26N2O4/c1-4-17-7-6-8-18(5-2)22(17)24(15(3)25)13-21(26)23-12-16-9-10-19-20(11-16)28-14-27-19/h6-11H,4-5,12-14H2,1-3H3,(H,23,26). The Morgan fingerprint density at radius 1 is 1.04 bits per heavy atom. The summed E-state index contributed by atoms with van der Waals surface area (Å²) >= 11 is 0. The van der Waals surface area contributed by atoms with E-state index in [4.69, 9.17) is 9.47 Å². The van der Waals surface area contributed by atoms with E-state index < -0.39 is 0 Å². The van der Waals surface area contributed by atoms with Gasteiger partial charge in [-0.05, 0) is 41.7 Å². The zero-order chi connectivity index (χ0) is 20.1. The fourth-order valence-electron chi connectivity index (χ4n) is 3.36. The lowest BCUT2D eigenvalue weighted by atomic mass is 10.0. The average molecular weight is 382 g/mol. The van der Waals surface area contributed by atoms with Crippen LogP contribution >= 0.6 is 0 Å². The van der Waals surface area contributed by atoms with Crippen molar-refractivity contribution in [3.63, 3.8) is 0 Å². The molecule has 2 aromatic carbocycles. The van der Waals surface area contributed by atoms with Crippen molar-refractivity contribution in [2.24, 2.45) is 0 Å². The summed E-state index contributed by atoms with van der Waals surface area (Å²) in [7, 11) is 0. The molecule has 0 saturated heterocycles. The molecule has 28 heavy (non-hydrogen) atoms. The molecule has 1 heterocycles. The fraction of sp³-hybridized carbons (Fsp3) is 0.364. The molecule has 0 spiro atoms. The first-order valence-corrected chi connectivity index (χ1v) is 9.57. The highest BCUT2D eigenvalue weighted by molar-refractivity contribution is 5.98. The van der Waals surface area contributed by atoms with E-state index in [0.717, 1.165) is 35.2 Å². The van der Waals surface area contributed by atoms with Crippen LogP contribution in [0.1, 0.15) is 37.5 Å². The number of para-hydroxylation sites is 1. The SMILES string of the molecule is CCc1cccc(CC)c1N(CC(=O)NCc1ccc2c(c1)OCO2)C(C)=O. The number of carbonyl (C=O) groups excluding carboxylic acids is 2. The molecule has 2 aromatic rings. The lowest BCUT2D eigenvalue weighted by molar-refractivity contribution is -0.123. The third-order valence-electron chi connectivity index (χ3n) is 4.84. The minimum absolute atomic E-state index is 0.0100. The number of anilines is 1. The first kappa shape index (κ1) is 19.7. The molecule has 1 aliphatic heterocycles. The highest BCUT2D eigenvalue weighted by Gasteiger charge is 2.21. The van der Waals surface area contributed by atoms with Gasteiger partial charge >= 0.3 is 0 Å². The number of fused-ring (bicyclic) bond motifs is 1. The third kappa shape index (κ3) is 4.27. The number of amides is 2. The van der Waals surface area contributed by atoms with Crippen molar-refractivity contribution in [1.82, 2.24) is 5.32 Å². The quantitative estimate of drug-likeness (QED) is 0.798. The molecule has 1 aliphatic rings. The molecule has 0 radical (unpaired) electrons. The van der Waals surface area contributed by atoms with Crippen LogP contribution in [-0.4, -0.2) is 25.2 Å². The highest BCUT2D eigenvalue weighted by atomic mass is 16.7. The molecule has 0 saturated carbocycles. The Balaban J connectivity index is 1.71. The largest absolute Gasteiger partial charge is 0.454 e. The molecule has 2 amide bonds. The molecule has 0 aliphatic carbocycles. The van der Waals surface area contributed by atoms with Gasteiger partial charge in [0.25, 0.3) is 0 Å². The summed E-state index contributed by atoms with van der Waals surface area (Å²) in [5.41, 5.74) is 3.91. The van der Waals surface area contributed by atoms with Crippen molar-refractivity contribution < 1.29 is 19.1 Å². The van der Waals surface area contributed by atoms with Crippen LogP contribution in [-0.2, 0) is 29.0 Å². The molecule has 0 aromatic heterocycles. The first-order valence-electron chi connectivity index (χ1n) is 9.57. The number of hydrogen-bond acceptors (Lipinski definition) is 4. The Kier molecular flexibility index (Phi) is 6.19. The lowest BCUT2D eigenvalue weighted by Crippen LogP contribution is -2.40. The van der Waals surface area contributed by atoms with Crippen molar-refractivity contribution >= 4 is 17.5 Å². The number of hydrogen-bond donors (Lipinski definition) is 1. The second kappa shape index (κ2) is 8.78. The molecule has 0 atom stereocenters. The molecule has 0 bridgehead atoms. The molecule has 0 unspecified atom stereocenters. The second-order valence-corrected chi connectivity index (χ2v) is 6.70. The molecule has 3 rings (SSSR count). The van der Waals surface area contributed by atoms with Gasteiger partial charge in [-0.1, -0.05) is 38.1 Å². The minimum Gasteiger partial charge on any atom is -0.454 e. The van der Waals surface area contributed by atoms with Crippen LogP contribution < -0.4 is 19.7 Å². The van der Waals surface area contributed by atoms with Crippen LogP contribution in [0, 0.1) is 0 Å². The second-order valence-electron chi connectivity index (χ2n) is 6.70. The van der Waals surface area contributed by atoms with E-state index in [2.05, 4.69) is 19.2 Å². The Bertz CT molecular complexity index is 857. The van der Waals surface area contributed by atoms with Crippen LogP contribution in [0.2, 0.25) is 0 Å². The maximum atomic E-state index is 12.6. The van der Waals surface area contributed by atoms with Gasteiger partial charge in [-0.25, -0.2) is 0 Å². The summed E-state index contributed by atoms with van der Waals surface area (Å²) in [6.07, 6.45) is 1.59. The molecule has 1 N–H and O–H groups in total. The molecular formula is C22H26N2O4. The fourth-order valence-corrected chi connectivity index (χ4v) is 3.36. The zero-order valence-corrected chi connectivity index (χ0v) is 16.6. The van der Waals surface area contributed by atoms with E-state index in [1.54, 1.807) is 4.90 Å². The van der Waals surface area contributed by atoms with Crippen molar-refractivity contribution in [1.29, 1.82) is 0 Å². The van der Waals surface area contributed by atoms with Crippen molar-refractivity contribution in [3.8, 4) is 11.5 Å². The number of nitrogens with zero attached hydrogens (tertiary/aromatic N) is 1. The van der Waals surface area contributed by atoms with Crippen molar-refractivity contribution in [2.75, 3.05) is 18.2 Å². The number of nitrogens with one attached hydrogen (secondary N) is 1. The summed E-state index contributed by atoms with van der Waals surface area (Å²) in [4.78, 5) is 26.5. The number of carbonyl (C=O) groups is 2. The Labute approximate surface area is 165 Å². The van der Waals surface area contributed by atoms with E-state index in [1.165, 1.54) is 6.92 Å². The number of benzene rings is 2. The Morgan fingerprint density at radius 3 is 2.36 bits per heavy atom. The van der Waals surface area contributed by atoms with Gasteiger partial charge < -0.3 is 19.7 Å². The van der Waals surface area contributed by atoms with E-state index in [9.17, 15) is 9.59 Å². The topological polar surface area (TPSA) is 67.9 Å². The van der Waals surface area contributed by atoms with Gasteiger partial charge in [0.05, 0.1) is 5.69 Å². The summed E-state index contributed by atoms with van der Waals surface area (Å²) in [6.45, 7) is 6.17. The van der Waals surface area contributed by atoms with E-state index in [1.807, 2.05) is 36.4 Å². The molecule has 6 heteroatoms. The van der Waals surface area contributed by atoms with Gasteiger partial charge in [0.2, 0.25) is 18.6 Å². The van der Waals surface area contributed by atoms with Gasteiger partial charge in [0, 0.05) is 13.5 Å². The summed E-state index contributed by atoms with van der Waals surface area (Å²) in [6, 6.07) is 11.6. The minimum atomic E-state index is -0.208. The summed E-state index contributed by atoms with van der Waals surface area (Å²) in [5, 5.41) is 2.89. The lowest BCUT2D eigenvalue weighted by Gasteiger charge is -2.26. The predicted octanol–water partition coefficient (Wildman–Crippen LogP) is 3.21. The molecule has 6 nitrogen and oxygen atoms in total. The Hall–Kier alpha value is -3.02. The molecule has 148 valence electrons. The number of aryl methyl sites for hydroxylation is 2. The summed E-state index contributed by atoms with van der Waals surface area (Å²) in [5.74, 6) is 1.04. The Morgan fingerprint density at radius 2 is 1.71 bits per heavy atom. The third-order valence-corrected chi connectivity index (χ3v) is 4.84. The van der Waals surface area contributed by atoms with Crippen molar-refractivity contribution in [2.45, 2.75) is 40.2 Å². The van der Waals surface area contributed by atoms with Crippen molar-refractivity contribution in [3.05, 3.63) is 53.1 Å². The van der Waals surface area contributed by atoms with Gasteiger partial charge in [0.1, 0.15) is 6.54 Å². The first-order chi connectivity index (χ1) is 13.5. The average Bonchev–Trinajstić information content (AvgIpc) is 3.17. The van der Waals surface area contributed by atoms with E-state index in [-0.39, 0.29) is 25.2 Å². The number of ether oxygens (including phenoxy) is 2. The van der Waals surface area contributed by atoms with Crippen LogP contribution in [0.25, 0.3) is 0 Å². The van der Waals surface area contributed by atoms with Gasteiger partial charge in [0.15, 0.2) is 11.5 Å². The highest BCUT2D eigenvalue weighted by Crippen LogP contribution is 2.32. The van der Waals surface area contributed by atoms with E-state index in [0.29, 0.717) is 18.0 Å². The van der Waals surface area contributed by atoms with Crippen LogP contribution in [0.3, 0.4) is 0 Å². The molecular weight excluding hydrogens is 356 g/mol. The van der Waals surface area contributed by atoms with Gasteiger partial charge in [-0.15, -0.1) is 0 Å². The maximum Gasteiger partial charge on any atom is 0.240 e. The van der Waals surface area contributed by atoms with E-state index >= 15 is 0 Å².